The summed E-state index contributed by atoms with van der Waals surface area (Å²) in [4.78, 5) is 9.23. The fourth-order valence-corrected chi connectivity index (χ4v) is 4.39. The molecule has 0 radical (unpaired) electrons. The Kier molecular flexibility index (Phi) is 5.95. The lowest BCUT2D eigenvalue weighted by Gasteiger charge is -2.40. The van der Waals surface area contributed by atoms with Gasteiger partial charge in [0.15, 0.2) is 0 Å². The number of halogens is 1. The number of piperidine rings is 2. The summed E-state index contributed by atoms with van der Waals surface area (Å²) in [6, 6.07) is 11.3. The lowest BCUT2D eigenvalue weighted by Crippen LogP contribution is -2.50. The maximum absolute atomic E-state index is 13.7. The van der Waals surface area contributed by atoms with Gasteiger partial charge < -0.3 is 20.9 Å². The average molecular weight is 384 g/mol. The lowest BCUT2D eigenvalue weighted by atomic mass is 9.91. The van der Waals surface area contributed by atoms with E-state index in [-0.39, 0.29) is 11.9 Å². The molecular weight excluding hydrogens is 353 g/mol. The van der Waals surface area contributed by atoms with Crippen LogP contribution in [0.3, 0.4) is 0 Å². The number of aromatic nitrogens is 1. The smallest absolute Gasteiger partial charge is 0.128 e. The number of nitrogens with one attached hydrogen (secondary N) is 1. The topological polar surface area (TPSA) is 57.4 Å². The molecule has 0 saturated carbocycles. The predicted octanol–water partition coefficient (Wildman–Crippen LogP) is 3.48. The molecule has 0 unspecified atom stereocenters. The Morgan fingerprint density at radius 3 is 2.64 bits per heavy atom. The number of pyridine rings is 1. The highest BCUT2D eigenvalue weighted by molar-refractivity contribution is 5.55. The standard InChI is InChI=1S/C22H30FN5/c23-18-5-4-6-19(13-18)28-12-8-17(15-24)21(16-28)26-22-14-20(7-9-25-22)27-10-2-1-3-11-27/h4-7,9,13-14,17,21H,1-3,8,10-12,15-16,24H2,(H,25,26)/t17-,21-/m0/s1. The molecule has 1 aromatic carbocycles. The van der Waals surface area contributed by atoms with Crippen molar-refractivity contribution in [3.63, 3.8) is 0 Å². The van der Waals surface area contributed by atoms with E-state index in [9.17, 15) is 4.39 Å². The molecule has 2 aliphatic heterocycles. The number of benzene rings is 1. The van der Waals surface area contributed by atoms with Gasteiger partial charge in [-0.2, -0.15) is 0 Å². The molecule has 3 N–H and O–H groups in total. The van der Waals surface area contributed by atoms with E-state index >= 15 is 0 Å². The predicted molar refractivity (Wildman–Crippen MR) is 113 cm³/mol. The minimum atomic E-state index is -0.196. The summed E-state index contributed by atoms with van der Waals surface area (Å²) in [6.45, 7) is 4.56. The number of nitrogens with two attached hydrogens (primary N) is 1. The highest BCUT2D eigenvalue weighted by Gasteiger charge is 2.29. The van der Waals surface area contributed by atoms with E-state index in [1.54, 1.807) is 12.1 Å². The fraction of sp³-hybridized carbons (Fsp3) is 0.500. The quantitative estimate of drug-likeness (QED) is 0.828. The van der Waals surface area contributed by atoms with Crippen LogP contribution in [0.4, 0.5) is 21.6 Å². The van der Waals surface area contributed by atoms with Gasteiger partial charge in [0.25, 0.3) is 0 Å². The number of hydrogen-bond acceptors (Lipinski definition) is 5. The van der Waals surface area contributed by atoms with Gasteiger partial charge in [-0.3, -0.25) is 0 Å². The lowest BCUT2D eigenvalue weighted by molar-refractivity contribution is 0.377. The van der Waals surface area contributed by atoms with Crippen LogP contribution < -0.4 is 20.9 Å². The van der Waals surface area contributed by atoms with E-state index in [0.29, 0.717) is 12.5 Å². The Bertz CT molecular complexity index is 777. The second-order valence-electron chi connectivity index (χ2n) is 7.91. The molecule has 2 fully saturated rings. The molecule has 3 heterocycles. The average Bonchev–Trinajstić information content (AvgIpc) is 2.74. The molecule has 5 nitrogen and oxygen atoms in total. The van der Waals surface area contributed by atoms with E-state index in [1.807, 2.05) is 12.3 Å². The van der Waals surface area contributed by atoms with E-state index in [4.69, 9.17) is 5.73 Å². The van der Waals surface area contributed by atoms with Gasteiger partial charge in [0.1, 0.15) is 11.6 Å². The fourth-order valence-electron chi connectivity index (χ4n) is 4.39. The van der Waals surface area contributed by atoms with Crippen molar-refractivity contribution in [1.82, 2.24) is 4.98 Å². The maximum atomic E-state index is 13.7. The minimum absolute atomic E-state index is 0.186. The van der Waals surface area contributed by atoms with Crippen LogP contribution >= 0.6 is 0 Å². The number of nitrogens with zero attached hydrogens (tertiary/aromatic N) is 3. The van der Waals surface area contributed by atoms with Gasteiger partial charge in [0, 0.05) is 55.9 Å². The van der Waals surface area contributed by atoms with E-state index in [2.05, 4.69) is 32.2 Å². The summed E-state index contributed by atoms with van der Waals surface area (Å²) in [5.41, 5.74) is 8.22. The normalized spacial score (nSPS) is 22.9. The van der Waals surface area contributed by atoms with Crippen LogP contribution in [0.15, 0.2) is 42.6 Å². The van der Waals surface area contributed by atoms with Crippen molar-refractivity contribution < 1.29 is 4.39 Å². The van der Waals surface area contributed by atoms with Crippen molar-refractivity contribution in [3.05, 3.63) is 48.4 Å². The molecule has 150 valence electrons. The minimum Gasteiger partial charge on any atom is -0.371 e. The van der Waals surface area contributed by atoms with Crippen LogP contribution in [-0.2, 0) is 0 Å². The number of rotatable bonds is 5. The first-order valence-electron chi connectivity index (χ1n) is 10.4. The van der Waals surface area contributed by atoms with Crippen molar-refractivity contribution in [1.29, 1.82) is 0 Å². The molecule has 2 aromatic rings. The van der Waals surface area contributed by atoms with Gasteiger partial charge in [-0.1, -0.05) is 6.07 Å². The Morgan fingerprint density at radius 2 is 1.86 bits per heavy atom. The van der Waals surface area contributed by atoms with Gasteiger partial charge in [0.2, 0.25) is 0 Å². The van der Waals surface area contributed by atoms with E-state index < -0.39 is 0 Å². The van der Waals surface area contributed by atoms with Crippen LogP contribution in [0.1, 0.15) is 25.7 Å². The molecule has 6 heteroatoms. The van der Waals surface area contributed by atoms with Crippen LogP contribution in [-0.4, -0.2) is 43.7 Å². The van der Waals surface area contributed by atoms with Crippen LogP contribution in [0, 0.1) is 11.7 Å². The highest BCUT2D eigenvalue weighted by atomic mass is 19.1. The third kappa shape index (κ3) is 4.38. The molecule has 4 rings (SSSR count). The Balaban J connectivity index is 1.48. The summed E-state index contributed by atoms with van der Waals surface area (Å²) in [6.07, 6.45) is 6.70. The van der Waals surface area contributed by atoms with E-state index in [0.717, 1.165) is 44.1 Å². The molecule has 0 bridgehead atoms. The zero-order valence-corrected chi connectivity index (χ0v) is 16.4. The first kappa shape index (κ1) is 19.0. The van der Waals surface area contributed by atoms with Crippen LogP contribution in [0.5, 0.6) is 0 Å². The monoisotopic (exact) mass is 383 g/mol. The largest absolute Gasteiger partial charge is 0.371 e. The van der Waals surface area contributed by atoms with Crippen molar-refractivity contribution in [3.8, 4) is 0 Å². The number of hydrogen-bond donors (Lipinski definition) is 2. The zero-order valence-electron chi connectivity index (χ0n) is 16.4. The zero-order chi connectivity index (χ0) is 19.3. The van der Waals surface area contributed by atoms with Crippen molar-refractivity contribution in [2.24, 2.45) is 11.7 Å². The molecular formula is C22H30FN5. The SMILES string of the molecule is NC[C@@H]1CCN(c2cccc(F)c2)C[C@@H]1Nc1cc(N2CCCCC2)ccn1. The summed E-state index contributed by atoms with van der Waals surface area (Å²) in [5, 5.41) is 3.62. The van der Waals surface area contributed by atoms with Gasteiger partial charge >= 0.3 is 0 Å². The first-order chi connectivity index (χ1) is 13.7. The highest BCUT2D eigenvalue weighted by Crippen LogP contribution is 2.27. The van der Waals surface area contributed by atoms with Gasteiger partial charge in [-0.25, -0.2) is 9.37 Å². The molecule has 0 amide bonds. The first-order valence-corrected chi connectivity index (χ1v) is 10.4. The molecule has 2 atom stereocenters. The summed E-state index contributed by atoms with van der Waals surface area (Å²) in [7, 11) is 0. The summed E-state index contributed by atoms with van der Waals surface area (Å²) in [5.74, 6) is 1.08. The van der Waals surface area contributed by atoms with Gasteiger partial charge in [0.05, 0.1) is 0 Å². The molecule has 0 spiro atoms. The van der Waals surface area contributed by atoms with Crippen molar-refractivity contribution in [2.75, 3.05) is 47.8 Å². The van der Waals surface area contributed by atoms with Crippen LogP contribution in [0.25, 0.3) is 0 Å². The van der Waals surface area contributed by atoms with E-state index in [1.165, 1.54) is 31.0 Å². The molecule has 1 aromatic heterocycles. The van der Waals surface area contributed by atoms with Crippen LogP contribution in [0.2, 0.25) is 0 Å². The molecule has 0 aliphatic carbocycles. The molecule has 2 saturated heterocycles. The summed E-state index contributed by atoms with van der Waals surface area (Å²) >= 11 is 0. The second-order valence-corrected chi connectivity index (χ2v) is 7.91. The van der Waals surface area contributed by atoms with Gasteiger partial charge in [-0.15, -0.1) is 0 Å². The third-order valence-corrected chi connectivity index (χ3v) is 6.03. The molecule has 28 heavy (non-hydrogen) atoms. The summed E-state index contributed by atoms with van der Waals surface area (Å²) < 4.78 is 13.7. The Morgan fingerprint density at radius 1 is 1.04 bits per heavy atom. The maximum Gasteiger partial charge on any atom is 0.128 e. The van der Waals surface area contributed by atoms with Gasteiger partial charge in [-0.05, 0) is 62.4 Å². The van der Waals surface area contributed by atoms with Crippen molar-refractivity contribution in [2.45, 2.75) is 31.7 Å². The number of anilines is 3. The molecule has 2 aliphatic rings. The second kappa shape index (κ2) is 8.78. The van der Waals surface area contributed by atoms with Crippen molar-refractivity contribution >= 4 is 17.2 Å². The third-order valence-electron chi connectivity index (χ3n) is 6.03. The Labute approximate surface area is 166 Å². The Hall–Kier alpha value is -2.34.